The van der Waals surface area contributed by atoms with Gasteiger partial charge in [0.15, 0.2) is 0 Å². The van der Waals surface area contributed by atoms with Gasteiger partial charge in [-0.2, -0.15) is 0 Å². The van der Waals surface area contributed by atoms with Crippen molar-refractivity contribution < 1.29 is 9.18 Å². The highest BCUT2D eigenvalue weighted by molar-refractivity contribution is 5.94. The van der Waals surface area contributed by atoms with Crippen molar-refractivity contribution in [2.45, 2.75) is 26.3 Å². The van der Waals surface area contributed by atoms with Gasteiger partial charge in [-0.25, -0.2) is 9.37 Å². The van der Waals surface area contributed by atoms with E-state index in [0.29, 0.717) is 18.5 Å². The molecule has 24 heavy (non-hydrogen) atoms. The monoisotopic (exact) mass is 325 g/mol. The minimum atomic E-state index is -0.406. The first-order valence-corrected chi connectivity index (χ1v) is 8.15. The van der Waals surface area contributed by atoms with E-state index in [1.165, 1.54) is 18.2 Å². The number of halogens is 1. The van der Waals surface area contributed by atoms with Crippen LogP contribution >= 0.6 is 0 Å². The molecule has 0 unspecified atom stereocenters. The number of aryl methyl sites for hydroxylation is 1. The zero-order valence-electron chi connectivity index (χ0n) is 13.6. The quantitative estimate of drug-likeness (QED) is 0.753. The molecule has 124 valence electrons. The van der Waals surface area contributed by atoms with Crippen LogP contribution in [0.3, 0.4) is 0 Å². The average Bonchev–Trinajstić information content (AvgIpc) is 2.93. The van der Waals surface area contributed by atoms with Crippen LogP contribution in [0.2, 0.25) is 0 Å². The van der Waals surface area contributed by atoms with E-state index in [1.807, 2.05) is 6.07 Å². The molecule has 5 heteroatoms. The van der Waals surface area contributed by atoms with E-state index >= 15 is 0 Å². The van der Waals surface area contributed by atoms with Crippen LogP contribution in [-0.4, -0.2) is 22.0 Å². The molecule has 0 aliphatic rings. The lowest BCUT2D eigenvalue weighted by atomic mass is 10.1. The van der Waals surface area contributed by atoms with Gasteiger partial charge in [0.25, 0.3) is 5.91 Å². The van der Waals surface area contributed by atoms with Gasteiger partial charge in [0.1, 0.15) is 11.5 Å². The van der Waals surface area contributed by atoms with E-state index in [9.17, 15) is 9.18 Å². The number of hydrogen-bond acceptors (Lipinski definition) is 2. The molecule has 2 aromatic heterocycles. The van der Waals surface area contributed by atoms with Crippen LogP contribution in [0.1, 0.15) is 29.3 Å². The van der Waals surface area contributed by atoms with Gasteiger partial charge in [0.2, 0.25) is 0 Å². The third-order valence-electron chi connectivity index (χ3n) is 3.95. The molecule has 0 saturated carbocycles. The first kappa shape index (κ1) is 16.2. The third-order valence-corrected chi connectivity index (χ3v) is 3.95. The molecule has 1 aromatic carbocycles. The number of hydrogen-bond donors (Lipinski definition) is 1. The summed E-state index contributed by atoms with van der Waals surface area (Å²) in [5.41, 5.74) is 2.47. The van der Waals surface area contributed by atoms with E-state index < -0.39 is 5.82 Å². The predicted molar refractivity (Wildman–Crippen MR) is 92.5 cm³/mol. The van der Waals surface area contributed by atoms with Gasteiger partial charge in [-0.15, -0.1) is 0 Å². The van der Waals surface area contributed by atoms with Gasteiger partial charge in [0.05, 0.1) is 0 Å². The minimum Gasteiger partial charge on any atom is -0.352 e. The molecular weight excluding hydrogens is 305 g/mol. The summed E-state index contributed by atoms with van der Waals surface area (Å²) < 4.78 is 15.3. The maximum absolute atomic E-state index is 13.2. The third kappa shape index (κ3) is 3.45. The first-order chi connectivity index (χ1) is 11.7. The Balaban J connectivity index is 1.69. The average molecular weight is 325 g/mol. The Bertz CT molecular complexity index is 857. The Morgan fingerprint density at radius 2 is 2.17 bits per heavy atom. The first-order valence-electron chi connectivity index (χ1n) is 8.15. The van der Waals surface area contributed by atoms with Crippen LogP contribution in [0.5, 0.6) is 0 Å². The molecule has 3 aromatic rings. The molecule has 1 N–H and O–H groups in total. The molecule has 1 amide bonds. The second-order valence-electron chi connectivity index (χ2n) is 5.74. The number of benzene rings is 1. The number of rotatable bonds is 6. The number of nitrogens with zero attached hydrogens (tertiary/aromatic N) is 2. The van der Waals surface area contributed by atoms with Crippen molar-refractivity contribution >= 4 is 16.9 Å². The van der Waals surface area contributed by atoms with E-state index in [2.05, 4.69) is 34.1 Å². The van der Waals surface area contributed by atoms with E-state index in [4.69, 9.17) is 0 Å². The Morgan fingerprint density at radius 1 is 1.29 bits per heavy atom. The lowest BCUT2D eigenvalue weighted by Crippen LogP contribution is -2.25. The highest BCUT2D eigenvalue weighted by atomic mass is 19.1. The highest BCUT2D eigenvalue weighted by Gasteiger charge is 2.10. The Kier molecular flexibility index (Phi) is 4.89. The van der Waals surface area contributed by atoms with Gasteiger partial charge in [-0.05, 0) is 48.7 Å². The molecule has 3 rings (SSSR count). The molecule has 0 aliphatic carbocycles. The summed E-state index contributed by atoms with van der Waals surface area (Å²) in [5, 5.41) is 3.96. The van der Waals surface area contributed by atoms with Gasteiger partial charge in [-0.1, -0.05) is 13.0 Å². The SMILES string of the molecule is CCCn1cc(CCNC(=O)c2cccc(F)c2)c2cccnc21. The summed E-state index contributed by atoms with van der Waals surface area (Å²) in [5.74, 6) is -0.665. The van der Waals surface area contributed by atoms with Crippen molar-refractivity contribution in [3.05, 3.63) is 65.7 Å². The molecule has 0 fully saturated rings. The smallest absolute Gasteiger partial charge is 0.251 e. The summed E-state index contributed by atoms with van der Waals surface area (Å²) >= 11 is 0. The molecule has 0 spiro atoms. The van der Waals surface area contributed by atoms with Crippen LogP contribution < -0.4 is 5.32 Å². The van der Waals surface area contributed by atoms with Crippen molar-refractivity contribution in [2.24, 2.45) is 0 Å². The summed E-state index contributed by atoms with van der Waals surface area (Å²) in [6.07, 6.45) is 5.65. The molecule has 0 atom stereocenters. The molecule has 0 bridgehead atoms. The van der Waals surface area contributed by atoms with Crippen LogP contribution in [0.25, 0.3) is 11.0 Å². The van der Waals surface area contributed by atoms with Crippen molar-refractivity contribution in [3.8, 4) is 0 Å². The fourth-order valence-electron chi connectivity index (χ4n) is 2.85. The second kappa shape index (κ2) is 7.25. The number of amides is 1. The minimum absolute atomic E-state index is 0.259. The zero-order chi connectivity index (χ0) is 16.9. The van der Waals surface area contributed by atoms with E-state index in [0.717, 1.165) is 29.6 Å². The van der Waals surface area contributed by atoms with Crippen molar-refractivity contribution in [2.75, 3.05) is 6.54 Å². The lowest BCUT2D eigenvalue weighted by molar-refractivity contribution is 0.0953. The summed E-state index contributed by atoms with van der Waals surface area (Å²) in [7, 11) is 0. The van der Waals surface area contributed by atoms with Gasteiger partial charge in [-0.3, -0.25) is 4.79 Å². The number of carbonyl (C=O) groups is 1. The second-order valence-corrected chi connectivity index (χ2v) is 5.74. The van der Waals surface area contributed by atoms with Crippen molar-refractivity contribution in [3.63, 3.8) is 0 Å². The molecule has 0 saturated heterocycles. The fraction of sp³-hybridized carbons (Fsp3) is 0.263. The number of aromatic nitrogens is 2. The topological polar surface area (TPSA) is 46.9 Å². The van der Waals surface area contributed by atoms with Crippen molar-refractivity contribution in [1.29, 1.82) is 0 Å². The molecule has 0 radical (unpaired) electrons. The maximum Gasteiger partial charge on any atom is 0.251 e. The largest absolute Gasteiger partial charge is 0.352 e. The maximum atomic E-state index is 13.2. The van der Waals surface area contributed by atoms with Crippen LogP contribution in [0.4, 0.5) is 4.39 Å². The van der Waals surface area contributed by atoms with Crippen LogP contribution in [0, 0.1) is 5.82 Å². The van der Waals surface area contributed by atoms with Gasteiger partial charge < -0.3 is 9.88 Å². The lowest BCUT2D eigenvalue weighted by Gasteiger charge is -2.05. The molecule has 2 heterocycles. The number of fused-ring (bicyclic) bond motifs is 1. The molecule has 0 aliphatic heterocycles. The zero-order valence-corrected chi connectivity index (χ0v) is 13.6. The normalized spacial score (nSPS) is 10.9. The van der Waals surface area contributed by atoms with Crippen LogP contribution in [-0.2, 0) is 13.0 Å². The summed E-state index contributed by atoms with van der Waals surface area (Å²) in [6.45, 7) is 3.55. The van der Waals surface area contributed by atoms with Crippen molar-refractivity contribution in [1.82, 2.24) is 14.9 Å². The predicted octanol–water partition coefficient (Wildman–Crippen LogP) is 3.56. The number of pyridine rings is 1. The fourth-order valence-corrected chi connectivity index (χ4v) is 2.85. The number of nitrogens with one attached hydrogen (secondary N) is 1. The number of carbonyl (C=O) groups excluding carboxylic acids is 1. The Hall–Kier alpha value is -2.69. The van der Waals surface area contributed by atoms with E-state index in [1.54, 1.807) is 12.3 Å². The van der Waals surface area contributed by atoms with Gasteiger partial charge >= 0.3 is 0 Å². The van der Waals surface area contributed by atoms with E-state index in [-0.39, 0.29) is 5.91 Å². The Morgan fingerprint density at radius 3 is 2.96 bits per heavy atom. The van der Waals surface area contributed by atoms with Gasteiger partial charge in [0, 0.05) is 36.4 Å². The highest BCUT2D eigenvalue weighted by Crippen LogP contribution is 2.20. The van der Waals surface area contributed by atoms with Crippen LogP contribution in [0.15, 0.2) is 48.8 Å². The Labute approximate surface area is 140 Å². The standard InChI is InChI=1S/C19H20FN3O/c1-2-11-23-13-15(17-7-4-9-21-18(17)23)8-10-22-19(24)14-5-3-6-16(20)12-14/h3-7,9,12-13H,2,8,10-11H2,1H3,(H,22,24). The summed E-state index contributed by atoms with van der Waals surface area (Å²) in [6, 6.07) is 9.69. The summed E-state index contributed by atoms with van der Waals surface area (Å²) in [4.78, 5) is 16.5. The molecule has 4 nitrogen and oxygen atoms in total. The molecular formula is C19H20FN3O.